The van der Waals surface area contributed by atoms with Gasteiger partial charge >= 0.3 is 0 Å². The van der Waals surface area contributed by atoms with Crippen molar-refractivity contribution in [1.82, 2.24) is 9.97 Å². The summed E-state index contributed by atoms with van der Waals surface area (Å²) in [6.45, 7) is 13.9. The zero-order valence-corrected chi connectivity index (χ0v) is 17.7. The molecule has 2 aromatic heterocycles. The molecule has 0 atom stereocenters. The standard InChI is InChI=1S/C24H33N3/c1-7-11-19(17(5)8-2)12-18(6)22(9-3)23-13-20-16-27-24(25-10-4)14-21(20)15-26-23/h9,12-16H,7-8,10-11H2,1-6H3,(H,25,27)/b18-12-,19-17+,22-9+. The number of rotatable bonds is 8. The molecule has 27 heavy (non-hydrogen) atoms. The second-order valence-electron chi connectivity index (χ2n) is 6.96. The predicted octanol–water partition coefficient (Wildman–Crippen LogP) is 6.94. The monoisotopic (exact) mass is 363 g/mol. The van der Waals surface area contributed by atoms with Gasteiger partial charge in [-0.15, -0.1) is 0 Å². The Morgan fingerprint density at radius 1 is 1.04 bits per heavy atom. The molecule has 0 unspecified atom stereocenters. The molecule has 2 aromatic rings. The molecular formula is C24H33N3. The summed E-state index contributed by atoms with van der Waals surface area (Å²) < 4.78 is 0. The first-order chi connectivity index (χ1) is 13.0. The van der Waals surface area contributed by atoms with Gasteiger partial charge in [-0.2, -0.15) is 0 Å². The van der Waals surface area contributed by atoms with Crippen LogP contribution in [0.5, 0.6) is 0 Å². The number of anilines is 1. The van der Waals surface area contributed by atoms with Crippen LogP contribution in [-0.2, 0) is 0 Å². The van der Waals surface area contributed by atoms with E-state index in [4.69, 9.17) is 4.98 Å². The largest absolute Gasteiger partial charge is 0.370 e. The van der Waals surface area contributed by atoms with Crippen molar-refractivity contribution in [3.8, 4) is 0 Å². The van der Waals surface area contributed by atoms with Crippen molar-refractivity contribution in [3.63, 3.8) is 0 Å². The highest BCUT2D eigenvalue weighted by atomic mass is 15.0. The molecule has 0 aromatic carbocycles. The molecule has 0 radical (unpaired) electrons. The first-order valence-corrected chi connectivity index (χ1v) is 10.1. The van der Waals surface area contributed by atoms with Gasteiger partial charge in [0.15, 0.2) is 0 Å². The molecule has 2 rings (SSSR count). The number of allylic oxidation sites excluding steroid dienone is 6. The normalized spacial score (nSPS) is 13.7. The fourth-order valence-corrected chi connectivity index (χ4v) is 3.28. The van der Waals surface area contributed by atoms with Crippen LogP contribution in [-0.4, -0.2) is 16.5 Å². The predicted molar refractivity (Wildman–Crippen MR) is 119 cm³/mol. The smallest absolute Gasteiger partial charge is 0.126 e. The van der Waals surface area contributed by atoms with Gasteiger partial charge in [-0.3, -0.25) is 4.98 Å². The molecule has 0 bridgehead atoms. The Morgan fingerprint density at radius 3 is 2.37 bits per heavy atom. The average Bonchev–Trinajstić information content (AvgIpc) is 2.68. The highest BCUT2D eigenvalue weighted by Gasteiger charge is 2.08. The number of nitrogens with one attached hydrogen (secondary N) is 1. The second kappa shape index (κ2) is 10.1. The highest BCUT2D eigenvalue weighted by molar-refractivity contribution is 5.88. The third kappa shape index (κ3) is 5.29. The molecule has 0 aliphatic heterocycles. The molecule has 1 N–H and O–H groups in total. The van der Waals surface area contributed by atoms with Crippen molar-refractivity contribution in [2.45, 2.75) is 60.8 Å². The molecule has 0 spiro atoms. The van der Waals surface area contributed by atoms with Gasteiger partial charge in [0.25, 0.3) is 0 Å². The van der Waals surface area contributed by atoms with E-state index in [1.165, 1.54) is 22.3 Å². The number of hydrogen-bond donors (Lipinski definition) is 1. The summed E-state index contributed by atoms with van der Waals surface area (Å²) in [6, 6.07) is 4.20. The van der Waals surface area contributed by atoms with E-state index in [0.717, 1.165) is 48.1 Å². The van der Waals surface area contributed by atoms with Crippen molar-refractivity contribution >= 4 is 22.2 Å². The van der Waals surface area contributed by atoms with Gasteiger partial charge in [-0.05, 0) is 69.4 Å². The minimum atomic E-state index is 0.863. The molecule has 0 aliphatic carbocycles. The molecule has 144 valence electrons. The van der Waals surface area contributed by atoms with Crippen LogP contribution in [0, 0.1) is 0 Å². The van der Waals surface area contributed by atoms with E-state index >= 15 is 0 Å². The van der Waals surface area contributed by atoms with E-state index in [-0.39, 0.29) is 0 Å². The Labute approximate surface area is 164 Å². The van der Waals surface area contributed by atoms with E-state index in [9.17, 15) is 0 Å². The van der Waals surface area contributed by atoms with Crippen molar-refractivity contribution in [2.24, 2.45) is 0 Å². The van der Waals surface area contributed by atoms with Crippen LogP contribution in [0.1, 0.15) is 66.5 Å². The second-order valence-corrected chi connectivity index (χ2v) is 6.96. The highest BCUT2D eigenvalue weighted by Crippen LogP contribution is 2.27. The number of fused-ring (bicyclic) bond motifs is 1. The molecule has 0 aliphatic rings. The Morgan fingerprint density at radius 2 is 1.74 bits per heavy atom. The quantitative estimate of drug-likeness (QED) is 0.516. The summed E-state index contributed by atoms with van der Waals surface area (Å²) in [7, 11) is 0. The number of pyridine rings is 2. The topological polar surface area (TPSA) is 37.8 Å². The van der Waals surface area contributed by atoms with Gasteiger partial charge in [0.05, 0.1) is 5.69 Å². The number of aromatic nitrogens is 2. The Bertz CT molecular complexity index is 872. The van der Waals surface area contributed by atoms with Crippen LogP contribution in [0.15, 0.2) is 53.4 Å². The third-order valence-electron chi connectivity index (χ3n) is 4.94. The van der Waals surface area contributed by atoms with Gasteiger partial charge in [-0.1, -0.05) is 38.0 Å². The SMILES string of the molecule is C\C=C(/C(C)=C\C(CCC)=C(/C)CC)c1cc2cnc(NCC)cc2cn1. The van der Waals surface area contributed by atoms with Crippen LogP contribution in [0.3, 0.4) is 0 Å². The van der Waals surface area contributed by atoms with Crippen molar-refractivity contribution in [3.05, 3.63) is 59.1 Å². The van der Waals surface area contributed by atoms with Crippen molar-refractivity contribution in [2.75, 3.05) is 11.9 Å². The maximum Gasteiger partial charge on any atom is 0.126 e. The maximum atomic E-state index is 4.74. The molecule has 0 saturated heterocycles. The summed E-state index contributed by atoms with van der Waals surface area (Å²) in [6.07, 6.45) is 11.8. The molecule has 0 amide bonds. The van der Waals surface area contributed by atoms with E-state index in [1.54, 1.807) is 0 Å². The summed E-state index contributed by atoms with van der Waals surface area (Å²) in [4.78, 5) is 9.23. The lowest BCUT2D eigenvalue weighted by atomic mass is 9.95. The van der Waals surface area contributed by atoms with E-state index in [2.05, 4.69) is 76.1 Å². The van der Waals surface area contributed by atoms with Gasteiger partial charge in [0.1, 0.15) is 5.82 Å². The van der Waals surface area contributed by atoms with E-state index < -0.39 is 0 Å². The van der Waals surface area contributed by atoms with Crippen molar-refractivity contribution in [1.29, 1.82) is 0 Å². The molecule has 3 heteroatoms. The van der Waals surface area contributed by atoms with E-state index in [1.807, 2.05) is 12.4 Å². The number of hydrogen-bond acceptors (Lipinski definition) is 3. The third-order valence-corrected chi connectivity index (χ3v) is 4.94. The summed E-state index contributed by atoms with van der Waals surface area (Å²) in [5.41, 5.74) is 6.37. The van der Waals surface area contributed by atoms with Crippen LogP contribution in [0.2, 0.25) is 0 Å². The van der Waals surface area contributed by atoms with Gasteiger partial charge in [0, 0.05) is 29.7 Å². The zero-order chi connectivity index (χ0) is 19.8. The fraction of sp³-hybridized carbons (Fsp3) is 0.417. The van der Waals surface area contributed by atoms with Crippen molar-refractivity contribution < 1.29 is 0 Å². The lowest BCUT2D eigenvalue weighted by Gasteiger charge is -2.12. The minimum Gasteiger partial charge on any atom is -0.370 e. The average molecular weight is 364 g/mol. The molecule has 2 heterocycles. The first kappa shape index (κ1) is 20.9. The van der Waals surface area contributed by atoms with Gasteiger partial charge in [0.2, 0.25) is 0 Å². The van der Waals surface area contributed by atoms with Crippen LogP contribution >= 0.6 is 0 Å². The zero-order valence-electron chi connectivity index (χ0n) is 17.7. The molecule has 0 fully saturated rings. The lowest BCUT2D eigenvalue weighted by molar-refractivity contribution is 0.895. The van der Waals surface area contributed by atoms with Crippen LogP contribution in [0.4, 0.5) is 5.82 Å². The summed E-state index contributed by atoms with van der Waals surface area (Å²) >= 11 is 0. The molecular weight excluding hydrogens is 330 g/mol. The van der Waals surface area contributed by atoms with Gasteiger partial charge in [-0.25, -0.2) is 4.98 Å². The Hall–Kier alpha value is -2.42. The summed E-state index contributed by atoms with van der Waals surface area (Å²) in [5, 5.41) is 5.47. The lowest BCUT2D eigenvalue weighted by Crippen LogP contribution is -1.99. The number of nitrogens with zero attached hydrogens (tertiary/aromatic N) is 2. The fourth-order valence-electron chi connectivity index (χ4n) is 3.28. The Kier molecular flexibility index (Phi) is 7.78. The molecule has 3 nitrogen and oxygen atoms in total. The summed E-state index contributed by atoms with van der Waals surface area (Å²) in [5.74, 6) is 0.895. The van der Waals surface area contributed by atoms with E-state index in [0.29, 0.717) is 0 Å². The Balaban J connectivity index is 2.41. The van der Waals surface area contributed by atoms with Gasteiger partial charge < -0.3 is 5.32 Å². The first-order valence-electron chi connectivity index (χ1n) is 10.1. The minimum absolute atomic E-state index is 0.863. The molecule has 0 saturated carbocycles. The maximum absolute atomic E-state index is 4.74. The van der Waals surface area contributed by atoms with Crippen LogP contribution in [0.25, 0.3) is 16.3 Å². The van der Waals surface area contributed by atoms with Crippen LogP contribution < -0.4 is 5.32 Å².